The second-order valence-electron chi connectivity index (χ2n) is 7.34. The largest absolute Gasteiger partial charge is 0.453 e. The summed E-state index contributed by atoms with van der Waals surface area (Å²) >= 11 is 0. The molecule has 0 aromatic heterocycles. The van der Waals surface area contributed by atoms with Crippen LogP contribution in [0.2, 0.25) is 0 Å². The number of rotatable bonds is 3. The van der Waals surface area contributed by atoms with E-state index in [1.807, 2.05) is 31.2 Å². The smallest absolute Gasteiger partial charge is 0.315 e. The Morgan fingerprint density at radius 2 is 1.74 bits per heavy atom. The van der Waals surface area contributed by atoms with Crippen molar-refractivity contribution in [3.63, 3.8) is 0 Å². The van der Waals surface area contributed by atoms with Gasteiger partial charge in [0.25, 0.3) is 6.02 Å². The number of alkyl halides is 2. The average molecular weight is 377 g/mol. The zero-order valence-electron chi connectivity index (χ0n) is 15.6. The van der Waals surface area contributed by atoms with Gasteiger partial charge in [0.1, 0.15) is 5.82 Å². The maximum Gasteiger partial charge on any atom is 0.315 e. The lowest BCUT2D eigenvalue weighted by molar-refractivity contribution is -0.207. The molecule has 1 aliphatic rings. The molecule has 0 unspecified atom stereocenters. The van der Waals surface area contributed by atoms with E-state index in [0.29, 0.717) is 5.69 Å². The molecule has 0 spiro atoms. The molecule has 3 N–H and O–H groups in total. The number of aryl methyl sites for hydroxylation is 1. The summed E-state index contributed by atoms with van der Waals surface area (Å²) in [6.07, 6.45) is 0. The maximum atomic E-state index is 15.2. The van der Waals surface area contributed by atoms with Gasteiger partial charge in [-0.15, -0.1) is 0 Å². The van der Waals surface area contributed by atoms with Gasteiger partial charge in [-0.2, -0.15) is 8.78 Å². The van der Waals surface area contributed by atoms with Crippen molar-refractivity contribution >= 4 is 17.4 Å². The van der Waals surface area contributed by atoms with Gasteiger partial charge in [-0.05, 0) is 57.5 Å². The molecule has 0 fully saturated rings. The molecule has 2 aromatic carbocycles. The van der Waals surface area contributed by atoms with Crippen LogP contribution in [0.4, 0.5) is 24.5 Å². The molecule has 7 heteroatoms. The van der Waals surface area contributed by atoms with Crippen LogP contribution in [0.5, 0.6) is 0 Å². The highest BCUT2D eigenvalue weighted by atomic mass is 19.3. The van der Waals surface area contributed by atoms with Gasteiger partial charge in [0.05, 0.1) is 0 Å². The summed E-state index contributed by atoms with van der Waals surface area (Å²) in [6.45, 7) is 5.49. The van der Waals surface area contributed by atoms with Crippen LogP contribution in [0.25, 0.3) is 0 Å². The predicted molar refractivity (Wildman–Crippen MR) is 99.9 cm³/mol. The molecule has 144 valence electrons. The third-order valence-corrected chi connectivity index (χ3v) is 4.98. The standard InChI is InChI=1S/C20H22F3N3O/c1-12-7-5-6-8-16(12)25-13-9-10-15(21)14(11-13)19(4)20(22,23)18(2,3)27-17(24)26-19/h5-11,25H,1-4H3,(H2,24,26)/t19-/m1/s1. The van der Waals surface area contributed by atoms with Crippen LogP contribution in [0, 0.1) is 12.7 Å². The number of nitrogens with zero attached hydrogens (tertiary/aromatic N) is 1. The molecule has 0 aliphatic carbocycles. The van der Waals surface area contributed by atoms with Gasteiger partial charge in [-0.3, -0.25) is 0 Å². The van der Waals surface area contributed by atoms with E-state index in [9.17, 15) is 4.39 Å². The fourth-order valence-electron chi connectivity index (χ4n) is 3.30. The molecule has 27 heavy (non-hydrogen) atoms. The van der Waals surface area contributed by atoms with Crippen LogP contribution in [-0.4, -0.2) is 17.5 Å². The zero-order valence-corrected chi connectivity index (χ0v) is 15.6. The van der Waals surface area contributed by atoms with E-state index in [1.165, 1.54) is 32.9 Å². The van der Waals surface area contributed by atoms with Crippen LogP contribution in [-0.2, 0) is 10.3 Å². The number of ether oxygens (including phenoxy) is 1. The van der Waals surface area contributed by atoms with Gasteiger partial charge in [0, 0.05) is 16.9 Å². The highest BCUT2D eigenvalue weighted by Gasteiger charge is 2.66. The molecule has 4 nitrogen and oxygen atoms in total. The number of nitrogens with two attached hydrogens (primary N) is 1. The number of hydrogen-bond acceptors (Lipinski definition) is 4. The summed E-state index contributed by atoms with van der Waals surface area (Å²) in [6, 6.07) is 11.1. The van der Waals surface area contributed by atoms with E-state index >= 15 is 8.78 Å². The lowest BCUT2D eigenvalue weighted by Crippen LogP contribution is -2.62. The fraction of sp³-hybridized carbons (Fsp3) is 0.350. The minimum atomic E-state index is -3.51. The van der Waals surface area contributed by atoms with E-state index in [1.54, 1.807) is 0 Å². The molecule has 1 atom stereocenters. The van der Waals surface area contributed by atoms with E-state index in [4.69, 9.17) is 10.5 Å². The van der Waals surface area contributed by atoms with Gasteiger partial charge in [0.2, 0.25) is 0 Å². The first-order chi connectivity index (χ1) is 12.5. The topological polar surface area (TPSA) is 59.6 Å². The Morgan fingerprint density at radius 1 is 1.07 bits per heavy atom. The summed E-state index contributed by atoms with van der Waals surface area (Å²) in [5, 5.41) is 3.13. The summed E-state index contributed by atoms with van der Waals surface area (Å²) in [5.74, 6) is -4.30. The average Bonchev–Trinajstić information content (AvgIpc) is 2.56. The summed E-state index contributed by atoms with van der Waals surface area (Å²) in [4.78, 5) is 3.81. The maximum absolute atomic E-state index is 15.2. The van der Waals surface area contributed by atoms with E-state index in [-0.39, 0.29) is 5.56 Å². The van der Waals surface area contributed by atoms with Gasteiger partial charge in [0.15, 0.2) is 11.1 Å². The highest BCUT2D eigenvalue weighted by Crippen LogP contribution is 2.52. The third kappa shape index (κ3) is 3.01. The minimum Gasteiger partial charge on any atom is -0.453 e. The number of benzene rings is 2. The van der Waals surface area contributed by atoms with Crippen molar-refractivity contribution in [2.24, 2.45) is 10.7 Å². The third-order valence-electron chi connectivity index (χ3n) is 4.98. The Morgan fingerprint density at radius 3 is 2.41 bits per heavy atom. The van der Waals surface area contributed by atoms with Gasteiger partial charge in [-0.25, -0.2) is 9.38 Å². The first kappa shape index (κ1) is 19.1. The van der Waals surface area contributed by atoms with Gasteiger partial charge < -0.3 is 15.8 Å². The Bertz CT molecular complexity index is 911. The molecule has 1 aliphatic heterocycles. The summed E-state index contributed by atoms with van der Waals surface area (Å²) < 4.78 is 50.1. The van der Waals surface area contributed by atoms with Crippen molar-refractivity contribution in [2.75, 3.05) is 5.32 Å². The first-order valence-electron chi connectivity index (χ1n) is 8.53. The van der Waals surface area contributed by atoms with E-state index in [0.717, 1.165) is 17.3 Å². The quantitative estimate of drug-likeness (QED) is 0.804. The second-order valence-corrected chi connectivity index (χ2v) is 7.34. The Labute approximate surface area is 156 Å². The number of amidine groups is 1. The van der Waals surface area contributed by atoms with Crippen LogP contribution in [0.3, 0.4) is 0 Å². The first-order valence-corrected chi connectivity index (χ1v) is 8.53. The number of anilines is 2. The molecule has 1 heterocycles. The summed E-state index contributed by atoms with van der Waals surface area (Å²) in [7, 11) is 0. The number of hydrogen-bond donors (Lipinski definition) is 2. The van der Waals surface area contributed by atoms with Crippen molar-refractivity contribution in [2.45, 2.75) is 44.8 Å². The number of halogens is 3. The van der Waals surface area contributed by atoms with Crippen LogP contribution >= 0.6 is 0 Å². The van der Waals surface area contributed by atoms with Crippen molar-refractivity contribution < 1.29 is 17.9 Å². The van der Waals surface area contributed by atoms with Gasteiger partial charge >= 0.3 is 5.92 Å². The number of para-hydroxylation sites is 1. The van der Waals surface area contributed by atoms with Crippen molar-refractivity contribution in [1.29, 1.82) is 0 Å². The molecule has 0 saturated carbocycles. The normalized spacial score (nSPS) is 23.3. The minimum absolute atomic E-state index is 0.259. The lowest BCUT2D eigenvalue weighted by atomic mass is 9.77. The number of aliphatic imine (C=N–C) groups is 1. The number of nitrogens with one attached hydrogen (secondary N) is 1. The van der Waals surface area contributed by atoms with Crippen LogP contribution < -0.4 is 11.1 Å². The second kappa shape index (κ2) is 6.18. The Balaban J connectivity index is 2.11. The molecule has 0 amide bonds. The van der Waals surface area contributed by atoms with E-state index in [2.05, 4.69) is 10.3 Å². The summed E-state index contributed by atoms with van der Waals surface area (Å²) in [5.41, 5.74) is 3.44. The monoisotopic (exact) mass is 377 g/mol. The zero-order chi connectivity index (χ0) is 20.0. The Hall–Kier alpha value is -2.70. The molecular formula is C20H22F3N3O. The molecule has 0 radical (unpaired) electrons. The van der Waals surface area contributed by atoms with Crippen LogP contribution in [0.1, 0.15) is 31.9 Å². The van der Waals surface area contributed by atoms with E-state index < -0.39 is 28.9 Å². The Kier molecular flexibility index (Phi) is 4.37. The van der Waals surface area contributed by atoms with Gasteiger partial charge in [-0.1, -0.05) is 18.2 Å². The molecule has 0 saturated heterocycles. The highest BCUT2D eigenvalue weighted by molar-refractivity contribution is 5.74. The molecule has 0 bridgehead atoms. The molecular weight excluding hydrogens is 355 g/mol. The predicted octanol–water partition coefficient (Wildman–Crippen LogP) is 4.85. The van der Waals surface area contributed by atoms with Crippen molar-refractivity contribution in [1.82, 2.24) is 0 Å². The van der Waals surface area contributed by atoms with Crippen molar-refractivity contribution in [3.05, 3.63) is 59.4 Å². The molecule has 2 aromatic rings. The fourth-order valence-corrected chi connectivity index (χ4v) is 3.30. The SMILES string of the molecule is Cc1ccccc1Nc1ccc(F)c([C@@]2(C)N=C(N)OC(C)(C)C2(F)F)c1. The molecule has 3 rings (SSSR count). The van der Waals surface area contributed by atoms with Crippen molar-refractivity contribution in [3.8, 4) is 0 Å². The lowest BCUT2D eigenvalue weighted by Gasteiger charge is -2.46. The van der Waals surface area contributed by atoms with Crippen LogP contribution in [0.15, 0.2) is 47.5 Å².